The van der Waals surface area contributed by atoms with Gasteiger partial charge in [-0.05, 0) is 38.1 Å². The molecule has 37 heavy (non-hydrogen) atoms. The lowest BCUT2D eigenvalue weighted by Crippen LogP contribution is -2.15. The van der Waals surface area contributed by atoms with E-state index in [4.69, 9.17) is 15.9 Å². The van der Waals surface area contributed by atoms with E-state index in [1.54, 1.807) is 61.9 Å². The number of rotatable bonds is 11. The van der Waals surface area contributed by atoms with Crippen molar-refractivity contribution < 1.29 is 13.5 Å². The summed E-state index contributed by atoms with van der Waals surface area (Å²) in [5, 5.41) is 15.1. The third-order valence-electron chi connectivity index (χ3n) is 5.52. The monoisotopic (exact) mass is 503 g/mol. The lowest BCUT2D eigenvalue weighted by atomic mass is 10.1. The number of aromatic nitrogens is 3. The molecule has 10 heteroatoms. The molecule has 0 unspecified atom stereocenters. The molecule has 5 N–H and O–H groups in total. The van der Waals surface area contributed by atoms with Crippen LogP contribution in [0, 0.1) is 17.0 Å². The summed E-state index contributed by atoms with van der Waals surface area (Å²) in [6, 6.07) is 12.9. The van der Waals surface area contributed by atoms with Gasteiger partial charge in [0.25, 0.3) is 0 Å². The fraction of sp³-hybridized carbons (Fsp3) is 0.185. The van der Waals surface area contributed by atoms with Gasteiger partial charge < -0.3 is 21.1 Å². The van der Waals surface area contributed by atoms with Crippen molar-refractivity contribution in [3.05, 3.63) is 101 Å². The summed E-state index contributed by atoms with van der Waals surface area (Å²) in [5.74, 6) is -0.571. The quantitative estimate of drug-likeness (QED) is 0.217. The van der Waals surface area contributed by atoms with E-state index in [1.165, 1.54) is 0 Å². The average molecular weight is 504 g/mol. The Labute approximate surface area is 213 Å². The van der Waals surface area contributed by atoms with Gasteiger partial charge in [-0.25, -0.2) is 18.7 Å². The van der Waals surface area contributed by atoms with Crippen LogP contribution in [0.2, 0.25) is 0 Å². The van der Waals surface area contributed by atoms with Crippen molar-refractivity contribution in [3.8, 4) is 5.75 Å². The number of halogens is 2. The van der Waals surface area contributed by atoms with Crippen LogP contribution in [0.4, 0.5) is 26.0 Å². The number of hydrogen-bond acceptors (Lipinski definition) is 8. The number of hydrogen-bond donors (Lipinski definition) is 4. The van der Waals surface area contributed by atoms with Crippen LogP contribution >= 0.6 is 0 Å². The van der Waals surface area contributed by atoms with E-state index in [0.717, 1.165) is 23.4 Å². The normalized spacial score (nSPS) is 10.7. The number of ether oxygens (including phenoxy) is 1. The molecule has 0 saturated carbocycles. The second kappa shape index (κ2) is 12.0. The highest BCUT2D eigenvalue weighted by molar-refractivity contribution is 6.12. The minimum Gasteiger partial charge on any atom is -0.494 e. The van der Waals surface area contributed by atoms with Crippen molar-refractivity contribution in [2.75, 3.05) is 23.8 Å². The van der Waals surface area contributed by atoms with Crippen molar-refractivity contribution in [1.82, 2.24) is 15.0 Å². The first-order valence-electron chi connectivity index (χ1n) is 11.8. The predicted octanol–water partition coefficient (Wildman–Crippen LogP) is 4.82. The largest absolute Gasteiger partial charge is 0.494 e. The summed E-state index contributed by atoms with van der Waals surface area (Å²) in [6.07, 6.45) is 5.52. The number of benzene rings is 2. The molecule has 0 bridgehead atoms. The molecule has 0 saturated heterocycles. The Kier molecular flexibility index (Phi) is 8.32. The first-order valence-corrected chi connectivity index (χ1v) is 11.8. The van der Waals surface area contributed by atoms with Gasteiger partial charge in [0.1, 0.15) is 28.9 Å². The Hall–Kier alpha value is -4.44. The topological polar surface area (TPSA) is 122 Å². The summed E-state index contributed by atoms with van der Waals surface area (Å²) < 4.78 is 34.3. The van der Waals surface area contributed by atoms with Crippen LogP contribution in [0.3, 0.4) is 0 Å². The fourth-order valence-corrected chi connectivity index (χ4v) is 3.70. The number of nitrogens with zero attached hydrogens (tertiary/aromatic N) is 3. The van der Waals surface area contributed by atoms with Crippen molar-refractivity contribution in [2.45, 2.75) is 19.9 Å². The van der Waals surface area contributed by atoms with Crippen LogP contribution < -0.4 is 21.1 Å². The molecule has 0 radical (unpaired) electrons. The molecule has 0 aliphatic heterocycles. The smallest absolute Gasteiger partial charge is 0.180 e. The summed E-state index contributed by atoms with van der Waals surface area (Å²) in [6.45, 7) is 2.34. The molecule has 2 aromatic heterocycles. The Morgan fingerprint density at radius 2 is 1.81 bits per heavy atom. The lowest BCUT2D eigenvalue weighted by molar-refractivity contribution is 0.335. The van der Waals surface area contributed by atoms with Crippen LogP contribution in [0.5, 0.6) is 5.75 Å². The van der Waals surface area contributed by atoms with Gasteiger partial charge in [0.15, 0.2) is 5.82 Å². The summed E-state index contributed by atoms with van der Waals surface area (Å²) in [5.41, 5.74) is 8.26. The lowest BCUT2D eigenvalue weighted by Gasteiger charge is -2.15. The predicted molar refractivity (Wildman–Crippen MR) is 140 cm³/mol. The Morgan fingerprint density at radius 1 is 1.08 bits per heavy atom. The summed E-state index contributed by atoms with van der Waals surface area (Å²) in [7, 11) is 0. The van der Waals surface area contributed by atoms with E-state index in [1.807, 2.05) is 0 Å². The number of para-hydroxylation sites is 1. The van der Waals surface area contributed by atoms with Crippen molar-refractivity contribution in [1.29, 1.82) is 5.41 Å². The zero-order valence-corrected chi connectivity index (χ0v) is 20.3. The molecule has 2 aromatic carbocycles. The second-order valence-electron chi connectivity index (χ2n) is 8.04. The zero-order chi connectivity index (χ0) is 26.2. The van der Waals surface area contributed by atoms with Crippen molar-refractivity contribution in [2.24, 2.45) is 5.73 Å². The minimum absolute atomic E-state index is 0.0489. The third kappa shape index (κ3) is 6.22. The highest BCUT2D eigenvalue weighted by atomic mass is 19.1. The highest BCUT2D eigenvalue weighted by Gasteiger charge is 2.17. The molecule has 4 rings (SSSR count). The van der Waals surface area contributed by atoms with E-state index >= 15 is 0 Å². The number of nitrogens with one attached hydrogen (secondary N) is 3. The van der Waals surface area contributed by atoms with Gasteiger partial charge >= 0.3 is 0 Å². The summed E-state index contributed by atoms with van der Waals surface area (Å²) in [4.78, 5) is 13.0. The van der Waals surface area contributed by atoms with Crippen LogP contribution in [-0.2, 0) is 13.0 Å². The van der Waals surface area contributed by atoms with Crippen molar-refractivity contribution in [3.63, 3.8) is 0 Å². The molecule has 4 aromatic rings. The van der Waals surface area contributed by atoms with Gasteiger partial charge in [0.2, 0.25) is 0 Å². The average Bonchev–Trinajstić information content (AvgIpc) is 2.90. The molecule has 0 aliphatic rings. The molecule has 2 heterocycles. The van der Waals surface area contributed by atoms with E-state index in [9.17, 15) is 8.78 Å². The minimum atomic E-state index is -0.714. The molecule has 0 atom stereocenters. The Bertz CT molecular complexity index is 1360. The SMILES string of the molecule is CCOc1cc(F)c(CNc2ccccc2C(=N)c2ncc(CCN)c(Nc3ccncc3)n2)c(F)c1. The fourth-order valence-electron chi connectivity index (χ4n) is 3.70. The standard InChI is InChI=1S/C27H27F2N7O/c1-2-37-19-13-22(28)21(23(29)14-19)16-33-24-6-4-3-5-20(24)25(31)27-34-15-17(7-10-30)26(36-27)35-18-8-11-32-12-9-18/h3-6,8-9,11-15,31,33H,2,7,10,16,30H2,1H3,(H,32,34,35,36). The van der Waals surface area contributed by atoms with E-state index in [0.29, 0.717) is 36.6 Å². The van der Waals surface area contributed by atoms with Gasteiger partial charge in [0, 0.05) is 65.3 Å². The molecular formula is C27H27F2N7O. The van der Waals surface area contributed by atoms with E-state index in [-0.39, 0.29) is 29.4 Å². The maximum Gasteiger partial charge on any atom is 0.180 e. The Balaban J connectivity index is 1.59. The number of nitrogens with two attached hydrogens (primary N) is 1. The molecule has 0 spiro atoms. The molecular weight excluding hydrogens is 476 g/mol. The van der Waals surface area contributed by atoms with Crippen LogP contribution in [0.15, 0.2) is 67.1 Å². The first kappa shape index (κ1) is 25.6. The van der Waals surface area contributed by atoms with Crippen LogP contribution in [0.25, 0.3) is 0 Å². The maximum absolute atomic E-state index is 14.5. The Morgan fingerprint density at radius 3 is 2.51 bits per heavy atom. The molecule has 8 nitrogen and oxygen atoms in total. The summed E-state index contributed by atoms with van der Waals surface area (Å²) >= 11 is 0. The zero-order valence-electron chi connectivity index (χ0n) is 20.3. The number of pyridine rings is 1. The van der Waals surface area contributed by atoms with Gasteiger partial charge in [-0.1, -0.05) is 18.2 Å². The van der Waals surface area contributed by atoms with Gasteiger partial charge in [0.05, 0.1) is 6.61 Å². The maximum atomic E-state index is 14.5. The van der Waals surface area contributed by atoms with Crippen molar-refractivity contribution >= 4 is 22.9 Å². The molecule has 0 fully saturated rings. The van der Waals surface area contributed by atoms with Crippen LogP contribution in [-0.4, -0.2) is 33.8 Å². The molecule has 0 aliphatic carbocycles. The van der Waals surface area contributed by atoms with E-state index < -0.39 is 11.6 Å². The van der Waals surface area contributed by atoms with Gasteiger partial charge in [-0.15, -0.1) is 0 Å². The van der Waals surface area contributed by atoms with Gasteiger partial charge in [-0.2, -0.15) is 0 Å². The van der Waals surface area contributed by atoms with E-state index in [2.05, 4.69) is 25.6 Å². The number of anilines is 3. The molecule has 190 valence electrons. The second-order valence-corrected chi connectivity index (χ2v) is 8.04. The van der Waals surface area contributed by atoms with Crippen LogP contribution in [0.1, 0.15) is 29.4 Å². The highest BCUT2D eigenvalue weighted by Crippen LogP contribution is 2.25. The first-order chi connectivity index (χ1) is 18.0. The third-order valence-corrected chi connectivity index (χ3v) is 5.52. The molecule has 0 amide bonds. The van der Waals surface area contributed by atoms with Gasteiger partial charge in [-0.3, -0.25) is 10.4 Å².